The lowest BCUT2D eigenvalue weighted by molar-refractivity contribution is -0.126. The van der Waals surface area contributed by atoms with E-state index in [-0.39, 0.29) is 5.91 Å². The molecule has 38 heavy (non-hydrogen) atoms. The maximum absolute atomic E-state index is 14.7. The van der Waals surface area contributed by atoms with Gasteiger partial charge in [-0.3, -0.25) is 14.4 Å². The van der Waals surface area contributed by atoms with Gasteiger partial charge in [-0.25, -0.2) is 9.96 Å². The SMILES string of the molecule is COc1ccc([C@@H]2N(c3ccccc3)O[C@H]3C(=O)N(c4cccc(OC)c4)C(=O)[C@@]23c2ccccc2)cc1. The average Bonchev–Trinajstić information content (AvgIpc) is 3.45. The van der Waals surface area contributed by atoms with Crippen molar-refractivity contribution in [2.24, 2.45) is 0 Å². The molecule has 4 aromatic rings. The lowest BCUT2D eigenvalue weighted by Crippen LogP contribution is -2.46. The summed E-state index contributed by atoms with van der Waals surface area (Å²) in [5.41, 5.74) is 1.34. The van der Waals surface area contributed by atoms with Crippen LogP contribution in [0.2, 0.25) is 0 Å². The Morgan fingerprint density at radius 3 is 2.00 bits per heavy atom. The minimum atomic E-state index is -1.36. The molecule has 3 atom stereocenters. The van der Waals surface area contributed by atoms with E-state index in [4.69, 9.17) is 14.3 Å². The van der Waals surface area contributed by atoms with Crippen LogP contribution in [0.1, 0.15) is 17.2 Å². The van der Waals surface area contributed by atoms with Crippen LogP contribution in [0.5, 0.6) is 11.5 Å². The highest BCUT2D eigenvalue weighted by Crippen LogP contribution is 2.57. The zero-order valence-corrected chi connectivity index (χ0v) is 21.0. The molecular weight excluding hydrogens is 480 g/mol. The zero-order valence-electron chi connectivity index (χ0n) is 21.0. The topological polar surface area (TPSA) is 68.3 Å². The van der Waals surface area contributed by atoms with Gasteiger partial charge < -0.3 is 9.47 Å². The summed E-state index contributed by atoms with van der Waals surface area (Å²) in [5.74, 6) is 0.457. The Hall–Kier alpha value is -4.62. The lowest BCUT2D eigenvalue weighted by atomic mass is 9.69. The molecule has 190 valence electrons. The monoisotopic (exact) mass is 506 g/mol. The summed E-state index contributed by atoms with van der Waals surface area (Å²) in [7, 11) is 3.16. The second kappa shape index (κ2) is 9.36. The number of nitrogens with zero attached hydrogens (tertiary/aromatic N) is 2. The molecule has 0 aromatic heterocycles. The van der Waals surface area contributed by atoms with Crippen molar-refractivity contribution in [3.8, 4) is 11.5 Å². The number of amides is 2. The average molecular weight is 507 g/mol. The van der Waals surface area contributed by atoms with Gasteiger partial charge >= 0.3 is 0 Å². The minimum Gasteiger partial charge on any atom is -0.497 e. The van der Waals surface area contributed by atoms with Gasteiger partial charge in [-0.05, 0) is 47.5 Å². The second-order valence-electron chi connectivity index (χ2n) is 9.24. The molecule has 0 radical (unpaired) electrons. The van der Waals surface area contributed by atoms with Gasteiger partial charge in [-0.2, -0.15) is 0 Å². The fourth-order valence-electron chi connectivity index (χ4n) is 5.57. The quantitative estimate of drug-likeness (QED) is 0.340. The van der Waals surface area contributed by atoms with Crippen LogP contribution >= 0.6 is 0 Å². The van der Waals surface area contributed by atoms with Gasteiger partial charge in [0, 0.05) is 6.07 Å². The highest BCUT2D eigenvalue weighted by molar-refractivity contribution is 6.28. The Morgan fingerprint density at radius 1 is 0.711 bits per heavy atom. The van der Waals surface area contributed by atoms with Gasteiger partial charge in [-0.1, -0.05) is 66.7 Å². The normalized spacial score (nSPS) is 22.5. The van der Waals surface area contributed by atoms with Crippen molar-refractivity contribution in [3.63, 3.8) is 0 Å². The van der Waals surface area contributed by atoms with E-state index in [1.54, 1.807) is 43.5 Å². The lowest BCUT2D eigenvalue weighted by Gasteiger charge is -2.35. The number of benzene rings is 4. The van der Waals surface area contributed by atoms with E-state index in [0.717, 1.165) is 11.3 Å². The zero-order chi connectivity index (χ0) is 26.3. The number of rotatable bonds is 6. The molecule has 0 aliphatic carbocycles. The van der Waals surface area contributed by atoms with Gasteiger partial charge in [-0.15, -0.1) is 0 Å². The molecule has 0 saturated carbocycles. The van der Waals surface area contributed by atoms with E-state index in [0.29, 0.717) is 22.7 Å². The van der Waals surface area contributed by atoms with Crippen molar-refractivity contribution in [3.05, 3.63) is 120 Å². The van der Waals surface area contributed by atoms with Crippen LogP contribution in [-0.2, 0) is 19.8 Å². The summed E-state index contributed by atoms with van der Waals surface area (Å²) in [4.78, 5) is 36.6. The molecular formula is C31H26N2O5. The standard InChI is InChI=1S/C31H26N2O5/c1-36-25-18-16-21(17-19-25)27-31(22-10-5-3-6-11-22)28(38-33(27)23-12-7-4-8-13-23)29(34)32(30(31)35)24-14-9-15-26(20-24)37-2/h3-20,27-28H,1-2H3/t27-,28-,31-/m0/s1. The van der Waals surface area contributed by atoms with Crippen molar-refractivity contribution in [2.75, 3.05) is 24.2 Å². The maximum atomic E-state index is 14.7. The molecule has 2 heterocycles. The van der Waals surface area contributed by atoms with E-state index in [2.05, 4.69) is 0 Å². The number of hydrogen-bond donors (Lipinski definition) is 0. The number of carbonyl (C=O) groups is 2. The highest BCUT2D eigenvalue weighted by Gasteiger charge is 2.72. The van der Waals surface area contributed by atoms with Gasteiger partial charge in [0.05, 0.1) is 25.6 Å². The van der Waals surface area contributed by atoms with Crippen LogP contribution in [0.4, 0.5) is 11.4 Å². The van der Waals surface area contributed by atoms with E-state index in [1.165, 1.54) is 4.90 Å². The summed E-state index contributed by atoms with van der Waals surface area (Å²) < 4.78 is 10.8. The third kappa shape index (κ3) is 3.47. The first-order valence-corrected chi connectivity index (χ1v) is 12.3. The molecule has 2 fully saturated rings. The largest absolute Gasteiger partial charge is 0.497 e. The maximum Gasteiger partial charge on any atom is 0.267 e. The van der Waals surface area contributed by atoms with Crippen LogP contribution in [0.3, 0.4) is 0 Å². The van der Waals surface area contributed by atoms with Crippen molar-refractivity contribution < 1.29 is 23.9 Å². The third-order valence-electron chi connectivity index (χ3n) is 7.31. The van der Waals surface area contributed by atoms with E-state index < -0.39 is 23.5 Å². The molecule has 2 saturated heterocycles. The predicted molar refractivity (Wildman–Crippen MR) is 143 cm³/mol. The predicted octanol–water partition coefficient (Wildman–Crippen LogP) is 5.08. The number of carbonyl (C=O) groups excluding carboxylic acids is 2. The number of methoxy groups -OCH3 is 2. The number of hydroxylamine groups is 1. The molecule has 0 N–H and O–H groups in total. The molecule has 0 bridgehead atoms. The molecule has 4 aromatic carbocycles. The van der Waals surface area contributed by atoms with Gasteiger partial charge in [0.15, 0.2) is 6.10 Å². The minimum absolute atomic E-state index is 0.355. The number of anilines is 2. The molecule has 0 spiro atoms. The first-order chi connectivity index (χ1) is 18.6. The number of hydrogen-bond acceptors (Lipinski definition) is 6. The number of para-hydroxylation sites is 1. The van der Waals surface area contributed by atoms with Crippen LogP contribution < -0.4 is 19.4 Å². The van der Waals surface area contributed by atoms with Crippen molar-refractivity contribution in [1.29, 1.82) is 0 Å². The van der Waals surface area contributed by atoms with Crippen LogP contribution in [0, 0.1) is 0 Å². The molecule has 2 aliphatic heterocycles. The molecule has 6 rings (SSSR count). The summed E-state index contributed by atoms with van der Waals surface area (Å²) in [6.07, 6.45) is -1.09. The molecule has 2 amide bonds. The van der Waals surface area contributed by atoms with E-state index in [9.17, 15) is 9.59 Å². The van der Waals surface area contributed by atoms with Gasteiger partial charge in [0.25, 0.3) is 5.91 Å². The first-order valence-electron chi connectivity index (χ1n) is 12.3. The fourth-order valence-corrected chi connectivity index (χ4v) is 5.57. The molecule has 7 nitrogen and oxygen atoms in total. The van der Waals surface area contributed by atoms with Crippen LogP contribution in [0.15, 0.2) is 109 Å². The third-order valence-corrected chi connectivity index (χ3v) is 7.31. The van der Waals surface area contributed by atoms with Crippen LogP contribution in [-0.4, -0.2) is 32.1 Å². The first kappa shape index (κ1) is 23.8. The fraction of sp³-hybridized carbons (Fsp3) is 0.161. The Labute approximate surface area is 220 Å². The summed E-state index contributed by atoms with van der Waals surface area (Å²) in [6.45, 7) is 0. The van der Waals surface area contributed by atoms with E-state index >= 15 is 0 Å². The smallest absolute Gasteiger partial charge is 0.267 e. The van der Waals surface area contributed by atoms with Crippen molar-refractivity contribution in [1.82, 2.24) is 0 Å². The van der Waals surface area contributed by atoms with Crippen molar-refractivity contribution in [2.45, 2.75) is 17.6 Å². The highest BCUT2D eigenvalue weighted by atomic mass is 16.7. The number of ether oxygens (including phenoxy) is 2. The van der Waals surface area contributed by atoms with Crippen molar-refractivity contribution >= 4 is 23.2 Å². The Balaban J connectivity index is 1.60. The Bertz CT molecular complexity index is 1480. The van der Waals surface area contributed by atoms with Gasteiger partial charge in [0.2, 0.25) is 5.91 Å². The molecule has 2 aliphatic rings. The molecule has 0 unspecified atom stereocenters. The molecule has 7 heteroatoms. The summed E-state index contributed by atoms with van der Waals surface area (Å²) >= 11 is 0. The van der Waals surface area contributed by atoms with Gasteiger partial charge in [0.1, 0.15) is 23.0 Å². The summed E-state index contributed by atoms with van der Waals surface area (Å²) in [5, 5.41) is 1.71. The number of imide groups is 1. The Kier molecular flexibility index (Phi) is 5.85. The second-order valence-corrected chi connectivity index (χ2v) is 9.24. The van der Waals surface area contributed by atoms with E-state index in [1.807, 2.05) is 84.9 Å². The van der Waals surface area contributed by atoms with Crippen LogP contribution in [0.25, 0.3) is 0 Å². The number of fused-ring (bicyclic) bond motifs is 1. The Morgan fingerprint density at radius 2 is 1.34 bits per heavy atom. The summed E-state index contributed by atoms with van der Waals surface area (Å²) in [6, 6.07) is 32.8.